The highest BCUT2D eigenvalue weighted by atomic mass is 35.5. The molecule has 0 bridgehead atoms. The molecule has 1 N–H and O–H groups in total. The van der Waals surface area contributed by atoms with Gasteiger partial charge in [-0.2, -0.15) is 0 Å². The number of halogens is 2. The Morgan fingerprint density at radius 3 is 2.45 bits per heavy atom. The minimum absolute atomic E-state index is 0.00615. The van der Waals surface area contributed by atoms with Crippen molar-refractivity contribution in [2.24, 2.45) is 0 Å². The molecule has 1 heterocycles. The van der Waals surface area contributed by atoms with E-state index >= 15 is 0 Å². The summed E-state index contributed by atoms with van der Waals surface area (Å²) in [5.41, 5.74) is 1.88. The van der Waals surface area contributed by atoms with Crippen molar-refractivity contribution < 1.29 is 24.2 Å². The van der Waals surface area contributed by atoms with E-state index in [1.165, 1.54) is 12.0 Å². The van der Waals surface area contributed by atoms with E-state index in [4.69, 9.17) is 32.7 Å². The Bertz CT molecular complexity index is 1100. The van der Waals surface area contributed by atoms with Crippen molar-refractivity contribution in [1.82, 2.24) is 4.90 Å². The minimum atomic E-state index is -0.830. The first-order chi connectivity index (χ1) is 15.7. The molecule has 1 amide bonds. The summed E-state index contributed by atoms with van der Waals surface area (Å²) >= 11 is 12.3. The van der Waals surface area contributed by atoms with Crippen LogP contribution in [0.25, 0.3) is 5.76 Å². The summed E-state index contributed by atoms with van der Waals surface area (Å²) in [7, 11) is 1.51. The fourth-order valence-corrected chi connectivity index (χ4v) is 4.23. The predicted octanol–water partition coefficient (Wildman–Crippen LogP) is 5.58. The maximum absolute atomic E-state index is 13.1. The first-order valence-electron chi connectivity index (χ1n) is 10.7. The molecule has 6 nitrogen and oxygen atoms in total. The third kappa shape index (κ3) is 5.03. The quantitative estimate of drug-likeness (QED) is 0.296. The zero-order valence-corrected chi connectivity index (χ0v) is 20.5. The number of benzene rings is 2. The third-order valence-corrected chi connectivity index (χ3v) is 6.28. The third-order valence-electron chi connectivity index (χ3n) is 5.54. The summed E-state index contributed by atoms with van der Waals surface area (Å²) in [5.74, 6) is -0.895. The van der Waals surface area contributed by atoms with E-state index in [-0.39, 0.29) is 35.4 Å². The molecular formula is C25H27Cl2NO5. The van der Waals surface area contributed by atoms with Gasteiger partial charge in [-0.15, -0.1) is 0 Å². The van der Waals surface area contributed by atoms with Crippen molar-refractivity contribution in [3.05, 3.63) is 68.7 Å². The van der Waals surface area contributed by atoms with Crippen molar-refractivity contribution in [2.45, 2.75) is 32.7 Å². The molecule has 1 saturated heterocycles. The van der Waals surface area contributed by atoms with E-state index in [2.05, 4.69) is 0 Å². The zero-order valence-electron chi connectivity index (χ0n) is 19.0. The van der Waals surface area contributed by atoms with Gasteiger partial charge in [-0.1, -0.05) is 43.1 Å². The summed E-state index contributed by atoms with van der Waals surface area (Å²) in [6.45, 7) is 6.83. The molecule has 1 atom stereocenters. The van der Waals surface area contributed by atoms with Crippen LogP contribution < -0.4 is 4.74 Å². The van der Waals surface area contributed by atoms with Crippen LogP contribution in [0.3, 0.4) is 0 Å². The molecule has 2 aromatic rings. The average molecular weight is 492 g/mol. The number of hydrogen-bond acceptors (Lipinski definition) is 5. The Balaban J connectivity index is 2.19. The van der Waals surface area contributed by atoms with Crippen LogP contribution in [0.2, 0.25) is 10.0 Å². The van der Waals surface area contributed by atoms with Gasteiger partial charge in [-0.25, -0.2) is 0 Å². The van der Waals surface area contributed by atoms with Crippen LogP contribution in [0.5, 0.6) is 5.75 Å². The molecule has 176 valence electrons. The number of likely N-dealkylation sites (tertiary alicyclic amines) is 1. The van der Waals surface area contributed by atoms with Gasteiger partial charge in [0.15, 0.2) is 0 Å². The lowest BCUT2D eigenvalue weighted by molar-refractivity contribution is -0.140. The highest BCUT2D eigenvalue weighted by Gasteiger charge is 2.46. The van der Waals surface area contributed by atoms with Crippen LogP contribution in [0.4, 0.5) is 0 Å². The normalized spacial score (nSPS) is 17.8. The molecule has 1 unspecified atom stereocenters. The molecule has 8 heteroatoms. The highest BCUT2D eigenvalue weighted by Crippen LogP contribution is 2.41. The Kier molecular flexibility index (Phi) is 8.05. The summed E-state index contributed by atoms with van der Waals surface area (Å²) in [6.07, 6.45) is 0. The molecule has 1 aliphatic heterocycles. The molecule has 33 heavy (non-hydrogen) atoms. The molecule has 3 rings (SSSR count). The molecule has 1 aliphatic rings. The van der Waals surface area contributed by atoms with Crippen LogP contribution in [0.15, 0.2) is 42.0 Å². The number of aliphatic hydroxyl groups is 1. The number of ether oxygens (including phenoxy) is 2. The van der Waals surface area contributed by atoms with Crippen molar-refractivity contribution in [1.29, 1.82) is 0 Å². The van der Waals surface area contributed by atoms with Crippen LogP contribution in [0.1, 0.15) is 49.4 Å². The van der Waals surface area contributed by atoms with E-state index in [1.807, 2.05) is 20.8 Å². The number of hydrogen-bond donors (Lipinski definition) is 1. The molecule has 0 aromatic heterocycles. The molecular weight excluding hydrogens is 465 g/mol. The van der Waals surface area contributed by atoms with Gasteiger partial charge in [0.2, 0.25) is 0 Å². The van der Waals surface area contributed by atoms with Crippen LogP contribution in [0, 0.1) is 0 Å². The largest absolute Gasteiger partial charge is 0.507 e. The number of ketones is 1. The van der Waals surface area contributed by atoms with Gasteiger partial charge in [0.05, 0.1) is 34.9 Å². The van der Waals surface area contributed by atoms with Gasteiger partial charge in [-0.05, 0) is 54.3 Å². The van der Waals surface area contributed by atoms with Crippen LogP contribution in [-0.4, -0.2) is 48.6 Å². The topological polar surface area (TPSA) is 76.1 Å². The fraction of sp³-hybridized carbons (Fsp3) is 0.360. The number of nitrogens with zero attached hydrogens (tertiary/aromatic N) is 1. The standard InChI is InChI=1S/C25H27Cl2NO5/c1-5-33-20-9-7-16(12-17(20)14(2)3)23(29)21-22(15-6-8-18(26)19(27)13-15)28(10-11-32-4)25(31)24(21)30/h6-9,12-14,22,29H,5,10-11H2,1-4H3/b23-21-. The monoisotopic (exact) mass is 491 g/mol. The van der Waals surface area contributed by atoms with E-state index in [1.54, 1.807) is 36.4 Å². The van der Waals surface area contributed by atoms with Crippen LogP contribution >= 0.6 is 23.2 Å². The van der Waals surface area contributed by atoms with Gasteiger partial charge in [0.1, 0.15) is 11.5 Å². The number of carbonyl (C=O) groups excluding carboxylic acids is 2. The van der Waals surface area contributed by atoms with Gasteiger partial charge >= 0.3 is 0 Å². The van der Waals surface area contributed by atoms with E-state index in [0.29, 0.717) is 28.5 Å². The highest BCUT2D eigenvalue weighted by molar-refractivity contribution is 6.46. The second-order valence-corrected chi connectivity index (χ2v) is 8.81. The lowest BCUT2D eigenvalue weighted by atomic mass is 9.93. The maximum atomic E-state index is 13.1. The lowest BCUT2D eigenvalue weighted by Crippen LogP contribution is -2.32. The predicted molar refractivity (Wildman–Crippen MR) is 129 cm³/mol. The van der Waals surface area contributed by atoms with E-state index in [0.717, 1.165) is 5.56 Å². The van der Waals surface area contributed by atoms with Gasteiger partial charge in [-0.3, -0.25) is 9.59 Å². The smallest absolute Gasteiger partial charge is 0.295 e. The fourth-order valence-electron chi connectivity index (χ4n) is 3.92. The Morgan fingerprint density at radius 2 is 1.85 bits per heavy atom. The average Bonchev–Trinajstić information content (AvgIpc) is 3.04. The first kappa shape index (κ1) is 25.1. The lowest BCUT2D eigenvalue weighted by Gasteiger charge is -2.25. The Morgan fingerprint density at radius 1 is 1.12 bits per heavy atom. The zero-order chi connectivity index (χ0) is 24.3. The molecule has 1 fully saturated rings. The Labute approximate surface area is 203 Å². The van der Waals surface area contributed by atoms with E-state index < -0.39 is 17.7 Å². The maximum Gasteiger partial charge on any atom is 0.295 e. The van der Waals surface area contributed by atoms with Gasteiger partial charge in [0.25, 0.3) is 11.7 Å². The van der Waals surface area contributed by atoms with Crippen molar-refractivity contribution >= 4 is 40.7 Å². The first-order valence-corrected chi connectivity index (χ1v) is 11.5. The molecule has 0 saturated carbocycles. The van der Waals surface area contributed by atoms with Gasteiger partial charge < -0.3 is 19.5 Å². The summed E-state index contributed by atoms with van der Waals surface area (Å²) < 4.78 is 10.8. The minimum Gasteiger partial charge on any atom is -0.507 e. The number of Topliss-reactive ketones (excluding diaryl/α,β-unsaturated/α-hetero) is 1. The summed E-state index contributed by atoms with van der Waals surface area (Å²) in [4.78, 5) is 27.4. The summed E-state index contributed by atoms with van der Waals surface area (Å²) in [5, 5.41) is 11.9. The van der Waals surface area contributed by atoms with Crippen molar-refractivity contribution in [2.75, 3.05) is 26.9 Å². The van der Waals surface area contributed by atoms with E-state index in [9.17, 15) is 14.7 Å². The molecule has 0 radical (unpaired) electrons. The second kappa shape index (κ2) is 10.6. The van der Waals surface area contributed by atoms with Gasteiger partial charge in [0, 0.05) is 19.2 Å². The Hall–Kier alpha value is -2.54. The molecule has 0 aliphatic carbocycles. The number of methoxy groups -OCH3 is 1. The second-order valence-electron chi connectivity index (χ2n) is 8.00. The van der Waals surface area contributed by atoms with Crippen molar-refractivity contribution in [3.8, 4) is 5.75 Å². The molecule has 0 spiro atoms. The summed E-state index contributed by atoms with van der Waals surface area (Å²) in [6, 6.07) is 9.30. The number of carbonyl (C=O) groups is 2. The van der Waals surface area contributed by atoms with Crippen molar-refractivity contribution in [3.63, 3.8) is 0 Å². The number of amides is 1. The molecule has 2 aromatic carbocycles. The number of aliphatic hydroxyl groups excluding tert-OH is 1. The van der Waals surface area contributed by atoms with Crippen LogP contribution in [-0.2, 0) is 14.3 Å². The SMILES string of the molecule is CCOc1ccc(/C(O)=C2/C(=O)C(=O)N(CCOC)C2c2ccc(Cl)c(Cl)c2)cc1C(C)C. The number of rotatable bonds is 8.